The number of rotatable bonds is 5. The molecule has 0 saturated carbocycles. The summed E-state index contributed by atoms with van der Waals surface area (Å²) in [6, 6.07) is 6.69. The molecule has 0 bridgehead atoms. The van der Waals surface area contributed by atoms with Crippen molar-refractivity contribution in [3.63, 3.8) is 0 Å². The van der Waals surface area contributed by atoms with Crippen molar-refractivity contribution in [1.82, 2.24) is 4.90 Å². The molecule has 0 fully saturated rings. The van der Waals surface area contributed by atoms with Crippen LogP contribution in [0.1, 0.15) is 6.42 Å². The van der Waals surface area contributed by atoms with Gasteiger partial charge in [0.05, 0.1) is 13.0 Å². The maximum atomic E-state index is 12.1. The zero-order valence-electron chi connectivity index (χ0n) is 11.4. The molecule has 0 aromatic heterocycles. The minimum atomic E-state index is -4.21. The van der Waals surface area contributed by atoms with E-state index in [1.807, 2.05) is 0 Å². The van der Waals surface area contributed by atoms with Crippen LogP contribution < -0.4 is 10.6 Å². The predicted molar refractivity (Wildman–Crippen MR) is 72.4 cm³/mol. The SMILES string of the molecule is CN(CCC(F)(F)F)CC(=O)N(C)c1ccc(N)cc1. The summed E-state index contributed by atoms with van der Waals surface area (Å²) < 4.78 is 36.2. The minimum Gasteiger partial charge on any atom is -0.399 e. The third-order valence-electron chi connectivity index (χ3n) is 2.84. The average Bonchev–Trinajstić information content (AvgIpc) is 2.35. The normalized spacial score (nSPS) is 11.7. The highest BCUT2D eigenvalue weighted by molar-refractivity contribution is 5.94. The van der Waals surface area contributed by atoms with Crippen LogP contribution in [0.5, 0.6) is 0 Å². The number of halogens is 3. The number of benzene rings is 1. The van der Waals surface area contributed by atoms with Gasteiger partial charge in [0.2, 0.25) is 5.91 Å². The average molecular weight is 289 g/mol. The summed E-state index contributed by atoms with van der Waals surface area (Å²) in [5, 5.41) is 0. The number of carbonyl (C=O) groups is 1. The fourth-order valence-electron chi connectivity index (χ4n) is 1.58. The van der Waals surface area contributed by atoms with Crippen LogP contribution in [-0.2, 0) is 4.79 Å². The summed E-state index contributed by atoms with van der Waals surface area (Å²) in [5.41, 5.74) is 6.77. The van der Waals surface area contributed by atoms with Gasteiger partial charge in [0, 0.05) is 25.0 Å². The van der Waals surface area contributed by atoms with Gasteiger partial charge < -0.3 is 10.6 Å². The number of alkyl halides is 3. The van der Waals surface area contributed by atoms with E-state index in [1.165, 1.54) is 16.8 Å². The number of nitrogens with two attached hydrogens (primary N) is 1. The van der Waals surface area contributed by atoms with Crippen molar-refractivity contribution >= 4 is 17.3 Å². The Hall–Kier alpha value is -1.76. The molecule has 2 N–H and O–H groups in total. The van der Waals surface area contributed by atoms with Gasteiger partial charge in [-0.2, -0.15) is 13.2 Å². The van der Waals surface area contributed by atoms with Crippen molar-refractivity contribution < 1.29 is 18.0 Å². The molecule has 1 aromatic carbocycles. The first kappa shape index (κ1) is 16.3. The van der Waals surface area contributed by atoms with E-state index >= 15 is 0 Å². The Morgan fingerprint density at radius 1 is 1.20 bits per heavy atom. The van der Waals surface area contributed by atoms with E-state index in [1.54, 1.807) is 31.3 Å². The van der Waals surface area contributed by atoms with Crippen molar-refractivity contribution in [2.24, 2.45) is 0 Å². The molecule has 7 heteroatoms. The molecule has 1 aromatic rings. The first-order valence-corrected chi connectivity index (χ1v) is 6.06. The summed E-state index contributed by atoms with van der Waals surface area (Å²) in [7, 11) is 3.06. The molecular weight excluding hydrogens is 271 g/mol. The monoisotopic (exact) mass is 289 g/mol. The van der Waals surface area contributed by atoms with Gasteiger partial charge in [0.1, 0.15) is 0 Å². The first-order chi connectivity index (χ1) is 9.19. The quantitative estimate of drug-likeness (QED) is 0.845. The Labute approximate surface area is 116 Å². The largest absolute Gasteiger partial charge is 0.399 e. The molecule has 0 aliphatic heterocycles. The maximum absolute atomic E-state index is 12.1. The lowest BCUT2D eigenvalue weighted by Crippen LogP contribution is -2.37. The second-order valence-electron chi connectivity index (χ2n) is 4.65. The zero-order chi connectivity index (χ0) is 15.3. The second-order valence-corrected chi connectivity index (χ2v) is 4.65. The number of likely N-dealkylation sites (N-methyl/N-ethyl adjacent to an activating group) is 2. The summed E-state index contributed by atoms with van der Waals surface area (Å²) >= 11 is 0. The number of nitrogen functional groups attached to an aromatic ring is 1. The number of hydrogen-bond donors (Lipinski definition) is 1. The molecule has 0 saturated heterocycles. The highest BCUT2D eigenvalue weighted by Gasteiger charge is 2.27. The Balaban J connectivity index is 2.51. The molecule has 1 rings (SSSR count). The van der Waals surface area contributed by atoms with Crippen molar-refractivity contribution in [3.8, 4) is 0 Å². The molecule has 20 heavy (non-hydrogen) atoms. The van der Waals surface area contributed by atoms with Crippen LogP contribution in [0.3, 0.4) is 0 Å². The third-order valence-corrected chi connectivity index (χ3v) is 2.84. The molecule has 4 nitrogen and oxygen atoms in total. The summed E-state index contributed by atoms with van der Waals surface area (Å²) in [4.78, 5) is 14.7. The van der Waals surface area contributed by atoms with Crippen molar-refractivity contribution in [2.75, 3.05) is 37.8 Å². The lowest BCUT2D eigenvalue weighted by molar-refractivity contribution is -0.138. The van der Waals surface area contributed by atoms with Crippen LogP contribution >= 0.6 is 0 Å². The number of nitrogens with zero attached hydrogens (tertiary/aromatic N) is 2. The molecule has 0 unspecified atom stereocenters. The first-order valence-electron chi connectivity index (χ1n) is 6.06. The van der Waals surface area contributed by atoms with Gasteiger partial charge in [-0.05, 0) is 31.3 Å². The second kappa shape index (κ2) is 6.60. The van der Waals surface area contributed by atoms with Crippen molar-refractivity contribution in [2.45, 2.75) is 12.6 Å². The summed E-state index contributed by atoms with van der Waals surface area (Å²) in [5.74, 6) is -0.278. The van der Waals surface area contributed by atoms with Crippen LogP contribution in [-0.4, -0.2) is 44.2 Å². The summed E-state index contributed by atoms with van der Waals surface area (Å²) in [6.45, 7) is -0.276. The van der Waals surface area contributed by atoms with Gasteiger partial charge in [-0.1, -0.05) is 0 Å². The van der Waals surface area contributed by atoms with E-state index in [2.05, 4.69) is 0 Å². The fraction of sp³-hybridized carbons (Fsp3) is 0.462. The maximum Gasteiger partial charge on any atom is 0.390 e. The molecule has 0 heterocycles. The van der Waals surface area contributed by atoms with Gasteiger partial charge in [0.15, 0.2) is 0 Å². The van der Waals surface area contributed by atoms with E-state index in [0.29, 0.717) is 11.4 Å². The van der Waals surface area contributed by atoms with Gasteiger partial charge in [-0.25, -0.2) is 0 Å². The number of amides is 1. The fourth-order valence-corrected chi connectivity index (χ4v) is 1.58. The number of hydrogen-bond acceptors (Lipinski definition) is 3. The summed E-state index contributed by atoms with van der Waals surface area (Å²) in [6.07, 6.45) is -5.14. The van der Waals surface area contributed by atoms with Crippen LogP contribution in [0.2, 0.25) is 0 Å². The van der Waals surface area contributed by atoms with Gasteiger partial charge in [-0.15, -0.1) is 0 Å². The Bertz CT molecular complexity index is 445. The van der Waals surface area contributed by atoms with Crippen molar-refractivity contribution in [3.05, 3.63) is 24.3 Å². The van der Waals surface area contributed by atoms with E-state index in [0.717, 1.165) is 0 Å². The molecule has 0 spiro atoms. The molecule has 0 atom stereocenters. The molecular formula is C13H18F3N3O. The molecule has 0 radical (unpaired) electrons. The molecule has 0 aliphatic rings. The number of carbonyl (C=O) groups excluding carboxylic acids is 1. The van der Waals surface area contributed by atoms with Crippen LogP contribution in [0.25, 0.3) is 0 Å². The topological polar surface area (TPSA) is 49.6 Å². The van der Waals surface area contributed by atoms with Crippen molar-refractivity contribution in [1.29, 1.82) is 0 Å². The van der Waals surface area contributed by atoms with Gasteiger partial charge in [0.25, 0.3) is 0 Å². The van der Waals surface area contributed by atoms with E-state index in [4.69, 9.17) is 5.73 Å². The Kier molecular flexibility index (Phi) is 5.38. The Morgan fingerprint density at radius 2 is 1.75 bits per heavy atom. The molecule has 1 amide bonds. The lowest BCUT2D eigenvalue weighted by Gasteiger charge is -2.22. The predicted octanol–water partition coefficient (Wildman–Crippen LogP) is 2.12. The molecule has 112 valence electrons. The van der Waals surface area contributed by atoms with Crippen LogP contribution in [0, 0.1) is 0 Å². The lowest BCUT2D eigenvalue weighted by atomic mass is 10.2. The number of anilines is 2. The van der Waals surface area contributed by atoms with Crippen LogP contribution in [0.15, 0.2) is 24.3 Å². The highest BCUT2D eigenvalue weighted by Crippen LogP contribution is 2.19. The Morgan fingerprint density at radius 3 is 2.25 bits per heavy atom. The smallest absolute Gasteiger partial charge is 0.390 e. The van der Waals surface area contributed by atoms with Gasteiger partial charge >= 0.3 is 6.18 Å². The highest BCUT2D eigenvalue weighted by atomic mass is 19.4. The van der Waals surface area contributed by atoms with E-state index < -0.39 is 12.6 Å². The standard InChI is InChI=1S/C13H18F3N3O/c1-18(8-7-13(14,15)16)9-12(20)19(2)11-5-3-10(17)4-6-11/h3-6H,7-9,17H2,1-2H3. The van der Waals surface area contributed by atoms with Gasteiger partial charge in [-0.3, -0.25) is 9.69 Å². The van der Waals surface area contributed by atoms with E-state index in [9.17, 15) is 18.0 Å². The minimum absolute atomic E-state index is 0.0725. The van der Waals surface area contributed by atoms with E-state index in [-0.39, 0.29) is 19.0 Å². The zero-order valence-corrected chi connectivity index (χ0v) is 11.4. The third kappa shape index (κ3) is 5.48. The molecule has 0 aliphatic carbocycles. The van der Waals surface area contributed by atoms with Crippen LogP contribution in [0.4, 0.5) is 24.5 Å².